The molecule has 1 aromatic heterocycles. The number of nitrogens with zero attached hydrogens (tertiary/aromatic N) is 3. The zero-order valence-corrected chi connectivity index (χ0v) is 17.9. The maximum Gasteiger partial charge on any atom is 0.231 e. The molecule has 2 aliphatic heterocycles. The number of carbonyl (C=O) groups excluding carboxylic acids is 1. The molecule has 5 rings (SSSR count). The number of hydrogen-bond acceptors (Lipinski definition) is 7. The van der Waals surface area contributed by atoms with E-state index in [0.29, 0.717) is 6.54 Å². The molecule has 7 nitrogen and oxygen atoms in total. The first-order valence-electron chi connectivity index (χ1n) is 10.5. The van der Waals surface area contributed by atoms with Crippen molar-refractivity contribution in [3.05, 3.63) is 65.5 Å². The first-order chi connectivity index (χ1) is 15.2. The highest BCUT2D eigenvalue weighted by atomic mass is 32.1. The molecule has 0 spiro atoms. The Morgan fingerprint density at radius 2 is 1.87 bits per heavy atom. The second-order valence-electron chi connectivity index (χ2n) is 7.82. The Bertz CT molecular complexity index is 1050. The van der Waals surface area contributed by atoms with Gasteiger partial charge in [-0.05, 0) is 36.1 Å². The minimum absolute atomic E-state index is 0.0296. The predicted molar refractivity (Wildman–Crippen MR) is 119 cm³/mol. The van der Waals surface area contributed by atoms with Crippen LogP contribution in [-0.4, -0.2) is 35.1 Å². The topological polar surface area (TPSA) is 76.6 Å². The molecule has 2 aliphatic rings. The average Bonchev–Trinajstić information content (AvgIpc) is 3.47. The number of hydrogen-bond donors (Lipinski definition) is 1. The van der Waals surface area contributed by atoms with E-state index in [2.05, 4.69) is 26.7 Å². The molecule has 0 atom stereocenters. The van der Waals surface area contributed by atoms with Gasteiger partial charge in [0.1, 0.15) is 5.82 Å². The molecule has 0 saturated carbocycles. The van der Waals surface area contributed by atoms with Gasteiger partial charge in [-0.3, -0.25) is 4.79 Å². The monoisotopic (exact) mass is 436 g/mol. The summed E-state index contributed by atoms with van der Waals surface area (Å²) in [6, 6.07) is 16.0. The molecular weight excluding hydrogens is 412 g/mol. The predicted octanol–water partition coefficient (Wildman–Crippen LogP) is 3.39. The third kappa shape index (κ3) is 4.64. The van der Waals surface area contributed by atoms with Crippen LogP contribution in [0.5, 0.6) is 11.5 Å². The van der Waals surface area contributed by atoms with Crippen molar-refractivity contribution in [1.29, 1.82) is 0 Å². The van der Waals surface area contributed by atoms with Gasteiger partial charge in [-0.2, -0.15) is 4.37 Å². The molecule has 1 amide bonds. The summed E-state index contributed by atoms with van der Waals surface area (Å²) in [5.41, 5.74) is 2.22. The highest BCUT2D eigenvalue weighted by Gasteiger charge is 2.26. The Kier molecular flexibility index (Phi) is 5.71. The van der Waals surface area contributed by atoms with E-state index in [4.69, 9.17) is 14.5 Å². The largest absolute Gasteiger partial charge is 0.454 e. The van der Waals surface area contributed by atoms with Gasteiger partial charge in [-0.15, -0.1) is 0 Å². The number of piperidine rings is 1. The lowest BCUT2D eigenvalue weighted by atomic mass is 9.96. The molecule has 1 fully saturated rings. The summed E-state index contributed by atoms with van der Waals surface area (Å²) in [6.45, 7) is 2.39. The van der Waals surface area contributed by atoms with Crippen molar-refractivity contribution < 1.29 is 14.3 Å². The lowest BCUT2D eigenvalue weighted by Gasteiger charge is -2.30. The second kappa shape index (κ2) is 8.93. The van der Waals surface area contributed by atoms with E-state index in [0.717, 1.165) is 60.4 Å². The van der Waals surface area contributed by atoms with Gasteiger partial charge in [-0.25, -0.2) is 4.98 Å². The van der Waals surface area contributed by atoms with Gasteiger partial charge in [0.25, 0.3) is 0 Å². The first-order valence-corrected chi connectivity index (χ1v) is 11.3. The summed E-state index contributed by atoms with van der Waals surface area (Å²) in [5.74, 6) is 2.49. The molecule has 0 aliphatic carbocycles. The molecule has 0 unspecified atom stereocenters. The SMILES string of the molecule is O=C(NCc1ccc2c(c1)OCO2)C1CCN(c2nc(Cc3ccccc3)ns2)CC1. The van der Waals surface area contributed by atoms with Gasteiger partial charge in [0.2, 0.25) is 17.8 Å². The van der Waals surface area contributed by atoms with E-state index in [9.17, 15) is 4.79 Å². The van der Waals surface area contributed by atoms with Crippen molar-refractivity contribution in [2.24, 2.45) is 5.92 Å². The number of aromatic nitrogens is 2. The minimum atomic E-state index is 0.0296. The van der Waals surface area contributed by atoms with Crippen molar-refractivity contribution >= 4 is 22.6 Å². The first kappa shape index (κ1) is 19.8. The number of amides is 1. The quantitative estimate of drug-likeness (QED) is 0.638. The van der Waals surface area contributed by atoms with Crippen molar-refractivity contribution in [2.45, 2.75) is 25.8 Å². The maximum atomic E-state index is 12.6. The summed E-state index contributed by atoms with van der Waals surface area (Å²) in [5, 5.41) is 4.02. The summed E-state index contributed by atoms with van der Waals surface area (Å²) in [4.78, 5) is 19.6. The number of carbonyl (C=O) groups is 1. The standard InChI is InChI=1S/C23H24N4O3S/c28-22(24-14-17-6-7-19-20(12-17)30-15-29-19)18-8-10-27(11-9-18)23-25-21(26-31-23)13-16-4-2-1-3-5-16/h1-7,12,18H,8-11,13-15H2,(H,24,28). The lowest BCUT2D eigenvalue weighted by Crippen LogP contribution is -2.40. The fourth-order valence-corrected chi connectivity index (χ4v) is 4.68. The van der Waals surface area contributed by atoms with E-state index in [-0.39, 0.29) is 18.6 Å². The number of anilines is 1. The Hall–Kier alpha value is -3.13. The fourth-order valence-electron chi connectivity index (χ4n) is 3.94. The number of fused-ring (bicyclic) bond motifs is 1. The molecule has 0 bridgehead atoms. The van der Waals surface area contributed by atoms with Gasteiger partial charge in [0.15, 0.2) is 11.5 Å². The second-order valence-corrected chi connectivity index (χ2v) is 8.55. The zero-order valence-electron chi connectivity index (χ0n) is 17.1. The number of nitrogens with one attached hydrogen (secondary N) is 1. The summed E-state index contributed by atoms with van der Waals surface area (Å²) in [7, 11) is 0. The van der Waals surface area contributed by atoms with Crippen molar-refractivity contribution in [1.82, 2.24) is 14.7 Å². The molecule has 0 radical (unpaired) electrons. The Morgan fingerprint density at radius 1 is 1.06 bits per heavy atom. The van der Waals surface area contributed by atoms with Crippen LogP contribution in [-0.2, 0) is 17.8 Å². The van der Waals surface area contributed by atoms with Crippen LogP contribution in [0.4, 0.5) is 5.13 Å². The van der Waals surface area contributed by atoms with Gasteiger partial charge in [-0.1, -0.05) is 36.4 Å². The Labute approximate surface area is 185 Å². The van der Waals surface area contributed by atoms with Crippen molar-refractivity contribution in [2.75, 3.05) is 24.8 Å². The fraction of sp³-hybridized carbons (Fsp3) is 0.348. The van der Waals surface area contributed by atoms with E-state index in [1.54, 1.807) is 0 Å². The van der Waals surface area contributed by atoms with Crippen LogP contribution in [0, 0.1) is 5.92 Å². The van der Waals surface area contributed by atoms with Gasteiger partial charge in [0.05, 0.1) is 0 Å². The van der Waals surface area contributed by atoms with Crippen molar-refractivity contribution in [3.63, 3.8) is 0 Å². The molecule has 1 N–H and O–H groups in total. The molecule has 3 aromatic rings. The van der Waals surface area contributed by atoms with E-state index in [1.807, 2.05) is 36.4 Å². The Balaban J connectivity index is 1.10. The summed E-state index contributed by atoms with van der Waals surface area (Å²) in [6.07, 6.45) is 2.39. The molecule has 1 saturated heterocycles. The van der Waals surface area contributed by atoms with Crippen LogP contribution in [0.1, 0.15) is 29.8 Å². The molecular formula is C23H24N4O3S. The third-order valence-corrected chi connectivity index (χ3v) is 6.52. The smallest absolute Gasteiger partial charge is 0.231 e. The van der Waals surface area contributed by atoms with Crippen LogP contribution >= 0.6 is 11.5 Å². The normalized spacial score (nSPS) is 15.8. The minimum Gasteiger partial charge on any atom is -0.454 e. The summed E-state index contributed by atoms with van der Waals surface area (Å²) < 4.78 is 15.2. The van der Waals surface area contributed by atoms with E-state index in [1.165, 1.54) is 17.1 Å². The average molecular weight is 437 g/mol. The highest BCUT2D eigenvalue weighted by Crippen LogP contribution is 2.32. The van der Waals surface area contributed by atoms with Crippen LogP contribution in [0.25, 0.3) is 0 Å². The maximum absolute atomic E-state index is 12.6. The zero-order chi connectivity index (χ0) is 21.0. The molecule has 8 heteroatoms. The number of rotatable bonds is 6. The van der Waals surface area contributed by atoms with Gasteiger partial charge < -0.3 is 19.7 Å². The van der Waals surface area contributed by atoms with Crippen LogP contribution < -0.4 is 19.7 Å². The van der Waals surface area contributed by atoms with Gasteiger partial charge in [0, 0.05) is 43.5 Å². The Morgan fingerprint density at radius 3 is 2.71 bits per heavy atom. The lowest BCUT2D eigenvalue weighted by molar-refractivity contribution is -0.125. The molecule has 3 heterocycles. The van der Waals surface area contributed by atoms with Crippen LogP contribution in [0.3, 0.4) is 0 Å². The van der Waals surface area contributed by atoms with Crippen molar-refractivity contribution in [3.8, 4) is 11.5 Å². The van der Waals surface area contributed by atoms with E-state index < -0.39 is 0 Å². The number of ether oxygens (including phenoxy) is 2. The highest BCUT2D eigenvalue weighted by molar-refractivity contribution is 7.09. The summed E-state index contributed by atoms with van der Waals surface area (Å²) >= 11 is 1.44. The van der Waals surface area contributed by atoms with Gasteiger partial charge >= 0.3 is 0 Å². The van der Waals surface area contributed by atoms with Crippen LogP contribution in [0.15, 0.2) is 48.5 Å². The third-order valence-electron chi connectivity index (χ3n) is 5.70. The molecule has 160 valence electrons. The van der Waals surface area contributed by atoms with E-state index >= 15 is 0 Å². The molecule has 31 heavy (non-hydrogen) atoms. The molecule has 2 aromatic carbocycles. The van der Waals surface area contributed by atoms with Crippen LogP contribution in [0.2, 0.25) is 0 Å². The number of benzene rings is 2.